The van der Waals surface area contributed by atoms with Gasteiger partial charge in [-0.3, -0.25) is 9.79 Å². The molecule has 2 fully saturated rings. The van der Waals surface area contributed by atoms with Gasteiger partial charge in [-0.05, 0) is 102 Å². The Balaban J connectivity index is 1.87. The Hall–Kier alpha value is -2.50. The predicted molar refractivity (Wildman–Crippen MR) is 162 cm³/mol. The Morgan fingerprint density at radius 3 is 2.15 bits per heavy atom. The molecule has 4 nitrogen and oxygen atoms in total. The molecule has 1 saturated carbocycles. The summed E-state index contributed by atoms with van der Waals surface area (Å²) in [6.45, 7) is 19.1. The molecule has 1 aromatic rings. The molecule has 222 valence electrons. The van der Waals surface area contributed by atoms with Gasteiger partial charge in [0.2, 0.25) is 5.91 Å². The van der Waals surface area contributed by atoms with Crippen LogP contribution >= 0.6 is 0 Å². The van der Waals surface area contributed by atoms with Crippen LogP contribution in [0.5, 0.6) is 0 Å². The minimum atomic E-state index is -0.519. The Labute approximate surface area is 241 Å². The van der Waals surface area contributed by atoms with Gasteiger partial charge < -0.3 is 9.80 Å². The lowest BCUT2D eigenvalue weighted by atomic mass is 9.74. The Morgan fingerprint density at radius 1 is 1.02 bits per heavy atom. The van der Waals surface area contributed by atoms with Gasteiger partial charge >= 0.3 is 0 Å². The number of allylic oxidation sites excluding steroid dienone is 4. The van der Waals surface area contributed by atoms with E-state index in [0.29, 0.717) is 31.0 Å². The van der Waals surface area contributed by atoms with Crippen molar-refractivity contribution < 1.29 is 13.6 Å². The number of rotatable bonds is 10. The highest BCUT2D eigenvalue weighted by atomic mass is 19.1. The number of piperazine rings is 1. The van der Waals surface area contributed by atoms with E-state index in [4.69, 9.17) is 4.99 Å². The van der Waals surface area contributed by atoms with Crippen LogP contribution in [-0.2, 0) is 11.2 Å². The summed E-state index contributed by atoms with van der Waals surface area (Å²) in [7, 11) is 0. The number of carbonyl (C=O) groups is 1. The first kappa shape index (κ1) is 32.0. The SMILES string of the molecule is C/C=C(\C(C(CCCCc1cc(F)cc(F)c1)=NCC)=C(\C)N1C[C@@H](C)N(C(=O)C(C)(C)C)C[C@@H]1C)C1CCC1. The lowest BCUT2D eigenvalue weighted by molar-refractivity contribution is -0.145. The zero-order chi connectivity index (χ0) is 29.6. The molecule has 0 radical (unpaired) electrons. The van der Waals surface area contributed by atoms with Gasteiger partial charge in [0.05, 0.1) is 0 Å². The lowest BCUT2D eigenvalue weighted by Gasteiger charge is -2.48. The number of unbranched alkanes of at least 4 members (excludes halogenated alkanes) is 1. The van der Waals surface area contributed by atoms with Crippen molar-refractivity contribution in [2.75, 3.05) is 19.6 Å². The highest BCUT2D eigenvalue weighted by Gasteiger charge is 2.38. The van der Waals surface area contributed by atoms with Gasteiger partial charge in [-0.15, -0.1) is 0 Å². The standard InChI is InChI=1S/C34H51F2N3O/c1-9-30(27-15-13-16-27)32(25(5)38-21-24(4)39(22-23(38)3)33(40)34(6,7)8)31(37-10-2)17-12-11-14-26-18-28(35)20-29(36)19-26/h9,18-20,23-24,27H,10-17,21-22H2,1-8H3/b30-9-,32-25+,37-31?/t23-,24+/m0/s1. The van der Waals surface area contributed by atoms with Crippen molar-refractivity contribution in [2.45, 2.75) is 112 Å². The number of aliphatic imine (C=N–C) groups is 1. The van der Waals surface area contributed by atoms with Gasteiger partial charge in [-0.1, -0.05) is 33.3 Å². The second-order valence-corrected chi connectivity index (χ2v) is 12.8. The number of hydrogen-bond donors (Lipinski definition) is 0. The molecule has 0 N–H and O–H groups in total. The van der Waals surface area contributed by atoms with Gasteiger partial charge in [0, 0.05) is 60.2 Å². The average Bonchev–Trinajstić information content (AvgIpc) is 2.84. The number of carbonyl (C=O) groups excluding carboxylic acids is 1. The van der Waals surface area contributed by atoms with Gasteiger partial charge in [0.1, 0.15) is 11.6 Å². The number of hydrogen-bond acceptors (Lipinski definition) is 3. The maximum Gasteiger partial charge on any atom is 0.228 e. The Kier molecular flexibility index (Phi) is 11.1. The second kappa shape index (κ2) is 13.9. The molecule has 0 spiro atoms. The molecule has 0 unspecified atom stereocenters. The number of aryl methyl sites for hydroxylation is 1. The van der Waals surface area contributed by atoms with Crippen LogP contribution in [-0.4, -0.2) is 53.1 Å². The van der Waals surface area contributed by atoms with Crippen LogP contribution in [0.15, 0.2) is 46.1 Å². The molecule has 0 bridgehead atoms. The predicted octanol–water partition coefficient (Wildman–Crippen LogP) is 8.13. The van der Waals surface area contributed by atoms with Crippen LogP contribution in [0.3, 0.4) is 0 Å². The summed E-state index contributed by atoms with van der Waals surface area (Å²) < 4.78 is 27.3. The Morgan fingerprint density at radius 2 is 1.62 bits per heavy atom. The van der Waals surface area contributed by atoms with E-state index < -0.39 is 17.0 Å². The molecule has 1 heterocycles. The van der Waals surface area contributed by atoms with Crippen molar-refractivity contribution in [3.63, 3.8) is 0 Å². The van der Waals surface area contributed by atoms with E-state index in [0.717, 1.165) is 37.6 Å². The molecule has 1 amide bonds. The van der Waals surface area contributed by atoms with Crippen LogP contribution in [0, 0.1) is 23.0 Å². The summed E-state index contributed by atoms with van der Waals surface area (Å²) in [6.07, 6.45) is 9.18. The molecule has 6 heteroatoms. The lowest BCUT2D eigenvalue weighted by Crippen LogP contribution is -2.59. The monoisotopic (exact) mass is 555 g/mol. The molecule has 1 aliphatic heterocycles. The number of nitrogens with zero attached hydrogens (tertiary/aromatic N) is 3. The van der Waals surface area contributed by atoms with E-state index in [1.807, 2.05) is 20.8 Å². The average molecular weight is 556 g/mol. The molecule has 2 aliphatic rings. The van der Waals surface area contributed by atoms with Crippen LogP contribution in [0.2, 0.25) is 0 Å². The summed E-state index contributed by atoms with van der Waals surface area (Å²) >= 11 is 0. The van der Waals surface area contributed by atoms with Crippen LogP contribution in [0.1, 0.15) is 99.5 Å². The molecule has 2 atom stereocenters. The molecule has 1 aromatic carbocycles. The van der Waals surface area contributed by atoms with Crippen LogP contribution < -0.4 is 0 Å². The fraction of sp³-hybridized carbons (Fsp3) is 0.647. The summed E-state index contributed by atoms with van der Waals surface area (Å²) in [5.74, 6) is -0.267. The van der Waals surface area contributed by atoms with E-state index in [2.05, 4.69) is 50.5 Å². The highest BCUT2D eigenvalue weighted by molar-refractivity contribution is 6.04. The van der Waals surface area contributed by atoms with Gasteiger partial charge in [-0.25, -0.2) is 8.78 Å². The maximum atomic E-state index is 13.7. The van der Waals surface area contributed by atoms with Crippen molar-refractivity contribution in [2.24, 2.45) is 16.3 Å². The fourth-order valence-corrected chi connectivity index (χ4v) is 6.19. The van der Waals surface area contributed by atoms with E-state index in [9.17, 15) is 13.6 Å². The molecule has 3 rings (SSSR count). The largest absolute Gasteiger partial charge is 0.368 e. The summed E-state index contributed by atoms with van der Waals surface area (Å²) in [5.41, 5.74) is 5.37. The number of benzene rings is 1. The van der Waals surface area contributed by atoms with Gasteiger partial charge in [0.15, 0.2) is 0 Å². The van der Waals surface area contributed by atoms with Crippen molar-refractivity contribution in [3.05, 3.63) is 58.3 Å². The van der Waals surface area contributed by atoms with E-state index >= 15 is 0 Å². The van der Waals surface area contributed by atoms with Gasteiger partial charge in [0.25, 0.3) is 0 Å². The fourth-order valence-electron chi connectivity index (χ4n) is 6.19. The molecule has 0 aromatic heterocycles. The first-order chi connectivity index (χ1) is 18.9. The van der Waals surface area contributed by atoms with Crippen LogP contribution in [0.25, 0.3) is 0 Å². The second-order valence-electron chi connectivity index (χ2n) is 12.8. The molecule has 1 saturated heterocycles. The zero-order valence-electron chi connectivity index (χ0n) is 26.1. The van der Waals surface area contributed by atoms with Crippen molar-refractivity contribution in [3.8, 4) is 0 Å². The molecular weight excluding hydrogens is 504 g/mol. The third-order valence-corrected chi connectivity index (χ3v) is 8.51. The van der Waals surface area contributed by atoms with E-state index in [1.54, 1.807) is 0 Å². The summed E-state index contributed by atoms with van der Waals surface area (Å²) in [6, 6.07) is 4.11. The van der Waals surface area contributed by atoms with Crippen LogP contribution in [0.4, 0.5) is 8.78 Å². The highest BCUT2D eigenvalue weighted by Crippen LogP contribution is 2.40. The van der Waals surface area contributed by atoms with Crippen molar-refractivity contribution in [1.29, 1.82) is 0 Å². The first-order valence-corrected chi connectivity index (χ1v) is 15.3. The third kappa shape index (κ3) is 7.82. The zero-order valence-corrected chi connectivity index (χ0v) is 26.1. The topological polar surface area (TPSA) is 35.9 Å². The summed E-state index contributed by atoms with van der Waals surface area (Å²) in [5, 5.41) is 0. The normalized spacial score (nSPS) is 21.9. The molecular formula is C34H51F2N3O. The van der Waals surface area contributed by atoms with E-state index in [1.165, 1.54) is 48.2 Å². The number of amides is 1. The third-order valence-electron chi connectivity index (χ3n) is 8.51. The van der Waals surface area contributed by atoms with Crippen molar-refractivity contribution in [1.82, 2.24) is 9.80 Å². The molecule has 1 aliphatic carbocycles. The summed E-state index contributed by atoms with van der Waals surface area (Å²) in [4.78, 5) is 22.8. The van der Waals surface area contributed by atoms with E-state index in [-0.39, 0.29) is 18.0 Å². The Bertz CT molecular complexity index is 1110. The smallest absolute Gasteiger partial charge is 0.228 e. The quantitative estimate of drug-likeness (QED) is 0.166. The minimum absolute atomic E-state index is 0.120. The number of halogens is 2. The molecule has 40 heavy (non-hydrogen) atoms. The first-order valence-electron chi connectivity index (χ1n) is 15.3. The van der Waals surface area contributed by atoms with Gasteiger partial charge in [-0.2, -0.15) is 0 Å². The minimum Gasteiger partial charge on any atom is -0.368 e. The van der Waals surface area contributed by atoms with Crippen molar-refractivity contribution >= 4 is 11.6 Å². The maximum absolute atomic E-state index is 13.7.